The van der Waals surface area contributed by atoms with Crippen LogP contribution in [-0.4, -0.2) is 26.7 Å². The number of amides is 1. The third-order valence-electron chi connectivity index (χ3n) is 3.12. The molecule has 0 radical (unpaired) electrons. The van der Waals surface area contributed by atoms with Crippen molar-refractivity contribution >= 4 is 60.7 Å². The Morgan fingerprint density at radius 3 is 2.42 bits per heavy atom. The van der Waals surface area contributed by atoms with Gasteiger partial charge in [-0.1, -0.05) is 27.5 Å². The molecule has 5 nitrogen and oxygen atoms in total. The van der Waals surface area contributed by atoms with Crippen LogP contribution in [0, 0.1) is 0 Å². The molecule has 0 saturated heterocycles. The van der Waals surface area contributed by atoms with Crippen LogP contribution in [0.2, 0.25) is 5.02 Å². The second-order valence-corrected chi connectivity index (χ2v) is 6.89. The van der Waals surface area contributed by atoms with E-state index in [1.54, 1.807) is 12.1 Å². The van der Waals surface area contributed by atoms with Gasteiger partial charge in [0.2, 0.25) is 5.91 Å². The fraction of sp³-hybridized carbons (Fsp3) is 0.188. The molecular formula is C16H15Br2ClN2O3. The molecule has 0 aliphatic carbocycles. The second kappa shape index (κ2) is 8.60. The highest BCUT2D eigenvalue weighted by Crippen LogP contribution is 2.35. The summed E-state index contributed by atoms with van der Waals surface area (Å²) in [5.41, 5.74) is 1.30. The van der Waals surface area contributed by atoms with Crippen molar-refractivity contribution in [2.45, 2.75) is 0 Å². The number of halogens is 3. The van der Waals surface area contributed by atoms with Gasteiger partial charge in [-0.25, -0.2) is 0 Å². The number of benzene rings is 2. The van der Waals surface area contributed by atoms with Crippen LogP contribution in [-0.2, 0) is 4.79 Å². The van der Waals surface area contributed by atoms with E-state index < -0.39 is 0 Å². The molecule has 0 saturated carbocycles. The average Bonchev–Trinajstić information content (AvgIpc) is 2.55. The van der Waals surface area contributed by atoms with E-state index in [4.69, 9.17) is 21.1 Å². The summed E-state index contributed by atoms with van der Waals surface area (Å²) in [5.74, 6) is 0.683. The SMILES string of the molecule is COc1cc(NC(=O)CNc2ccc(Br)cc2Br)c(OC)cc1Cl. The van der Waals surface area contributed by atoms with Gasteiger partial charge in [0.05, 0.1) is 31.5 Å². The Kier molecular flexibility index (Phi) is 6.77. The lowest BCUT2D eigenvalue weighted by molar-refractivity contribution is -0.114. The predicted octanol–water partition coefficient (Wildman–Crippen LogP) is 4.93. The number of carbonyl (C=O) groups excluding carboxylic acids is 1. The summed E-state index contributed by atoms with van der Waals surface area (Å²) in [6.45, 7) is 0.0916. The molecule has 2 aromatic carbocycles. The molecule has 8 heteroatoms. The van der Waals surface area contributed by atoms with Gasteiger partial charge in [0.25, 0.3) is 0 Å². The fourth-order valence-corrected chi connectivity index (χ4v) is 3.38. The highest BCUT2D eigenvalue weighted by molar-refractivity contribution is 9.11. The van der Waals surface area contributed by atoms with Crippen molar-refractivity contribution in [3.63, 3.8) is 0 Å². The first kappa shape index (κ1) is 18.9. The quantitative estimate of drug-likeness (QED) is 0.618. The van der Waals surface area contributed by atoms with E-state index in [0.717, 1.165) is 14.6 Å². The van der Waals surface area contributed by atoms with Crippen LogP contribution < -0.4 is 20.1 Å². The van der Waals surface area contributed by atoms with Crippen LogP contribution >= 0.6 is 43.5 Å². The van der Waals surface area contributed by atoms with Crippen LogP contribution in [0.3, 0.4) is 0 Å². The summed E-state index contributed by atoms with van der Waals surface area (Å²) in [6, 6.07) is 8.86. The summed E-state index contributed by atoms with van der Waals surface area (Å²) in [6.07, 6.45) is 0. The fourth-order valence-electron chi connectivity index (χ4n) is 1.96. The van der Waals surface area contributed by atoms with Crippen LogP contribution in [0.5, 0.6) is 11.5 Å². The molecule has 0 spiro atoms. The first-order valence-corrected chi connectivity index (χ1v) is 8.81. The second-order valence-electron chi connectivity index (χ2n) is 4.71. The Bertz CT molecular complexity index is 756. The Labute approximate surface area is 161 Å². The summed E-state index contributed by atoms with van der Waals surface area (Å²) < 4.78 is 12.2. The molecule has 0 heterocycles. The molecule has 0 fully saturated rings. The lowest BCUT2D eigenvalue weighted by atomic mass is 10.2. The lowest BCUT2D eigenvalue weighted by Crippen LogP contribution is -2.22. The van der Waals surface area contributed by atoms with E-state index in [0.29, 0.717) is 22.2 Å². The van der Waals surface area contributed by atoms with Crippen molar-refractivity contribution in [1.82, 2.24) is 0 Å². The van der Waals surface area contributed by atoms with E-state index in [1.165, 1.54) is 14.2 Å². The minimum absolute atomic E-state index is 0.0916. The van der Waals surface area contributed by atoms with Crippen molar-refractivity contribution in [3.05, 3.63) is 44.3 Å². The zero-order valence-electron chi connectivity index (χ0n) is 13.0. The van der Waals surface area contributed by atoms with Crippen molar-refractivity contribution in [2.24, 2.45) is 0 Å². The minimum Gasteiger partial charge on any atom is -0.495 e. The number of hydrogen-bond acceptors (Lipinski definition) is 4. The van der Waals surface area contributed by atoms with E-state index in [2.05, 4.69) is 42.5 Å². The van der Waals surface area contributed by atoms with Gasteiger partial charge >= 0.3 is 0 Å². The van der Waals surface area contributed by atoms with Crippen molar-refractivity contribution in [3.8, 4) is 11.5 Å². The lowest BCUT2D eigenvalue weighted by Gasteiger charge is -2.14. The molecule has 0 aliphatic rings. The molecule has 128 valence electrons. The van der Waals surface area contributed by atoms with Gasteiger partial charge in [-0.15, -0.1) is 0 Å². The molecule has 2 aromatic rings. The standard InChI is InChI=1S/C16H15Br2ClN2O3/c1-23-14-7-13(15(24-2)6-11(14)19)21-16(22)8-20-12-4-3-9(17)5-10(12)18/h3-7,20H,8H2,1-2H3,(H,21,22). The first-order valence-electron chi connectivity index (χ1n) is 6.85. The zero-order valence-corrected chi connectivity index (χ0v) is 16.9. The number of anilines is 2. The molecule has 0 unspecified atom stereocenters. The third-order valence-corrected chi connectivity index (χ3v) is 4.56. The summed E-state index contributed by atoms with van der Waals surface area (Å²) in [5, 5.41) is 6.24. The molecular weight excluding hydrogens is 463 g/mol. The van der Waals surface area contributed by atoms with Gasteiger partial charge < -0.3 is 20.1 Å². The van der Waals surface area contributed by atoms with E-state index in [9.17, 15) is 4.79 Å². The number of hydrogen-bond donors (Lipinski definition) is 2. The maximum Gasteiger partial charge on any atom is 0.243 e. The topological polar surface area (TPSA) is 59.6 Å². The van der Waals surface area contributed by atoms with Crippen molar-refractivity contribution < 1.29 is 14.3 Å². The molecule has 0 bridgehead atoms. The first-order chi connectivity index (χ1) is 11.4. The van der Waals surface area contributed by atoms with Crippen LogP contribution in [0.25, 0.3) is 0 Å². The molecule has 0 aliphatic heterocycles. The molecule has 24 heavy (non-hydrogen) atoms. The van der Waals surface area contributed by atoms with Crippen LogP contribution in [0.4, 0.5) is 11.4 Å². The van der Waals surface area contributed by atoms with Gasteiger partial charge in [-0.3, -0.25) is 4.79 Å². The minimum atomic E-state index is -0.229. The van der Waals surface area contributed by atoms with Gasteiger partial charge in [0.15, 0.2) is 0 Å². The Hall–Kier alpha value is -1.44. The van der Waals surface area contributed by atoms with E-state index >= 15 is 0 Å². The average molecular weight is 479 g/mol. The Balaban J connectivity index is 2.06. The highest BCUT2D eigenvalue weighted by Gasteiger charge is 2.13. The normalized spacial score (nSPS) is 10.2. The third kappa shape index (κ3) is 4.78. The predicted molar refractivity (Wildman–Crippen MR) is 104 cm³/mol. The summed E-state index contributed by atoms with van der Waals surface area (Å²) in [7, 11) is 3.01. The van der Waals surface area contributed by atoms with Gasteiger partial charge in [0, 0.05) is 26.8 Å². The zero-order chi connectivity index (χ0) is 17.7. The van der Waals surface area contributed by atoms with Gasteiger partial charge in [-0.2, -0.15) is 0 Å². The molecule has 0 atom stereocenters. The molecule has 0 aromatic heterocycles. The molecule has 2 rings (SSSR count). The van der Waals surface area contributed by atoms with Crippen LogP contribution in [0.1, 0.15) is 0 Å². The number of ether oxygens (including phenoxy) is 2. The summed E-state index contributed by atoms with van der Waals surface area (Å²) in [4.78, 5) is 12.2. The Morgan fingerprint density at radius 1 is 1.08 bits per heavy atom. The van der Waals surface area contributed by atoms with Crippen molar-refractivity contribution in [2.75, 3.05) is 31.4 Å². The van der Waals surface area contributed by atoms with Gasteiger partial charge in [0.1, 0.15) is 11.5 Å². The van der Waals surface area contributed by atoms with E-state index in [-0.39, 0.29) is 12.5 Å². The largest absolute Gasteiger partial charge is 0.495 e. The Morgan fingerprint density at radius 2 is 1.79 bits per heavy atom. The molecule has 1 amide bonds. The maximum absolute atomic E-state index is 12.2. The molecule has 2 N–H and O–H groups in total. The number of carbonyl (C=O) groups is 1. The smallest absolute Gasteiger partial charge is 0.243 e. The summed E-state index contributed by atoms with van der Waals surface area (Å²) >= 11 is 12.9. The number of rotatable bonds is 6. The number of nitrogens with one attached hydrogen (secondary N) is 2. The number of methoxy groups -OCH3 is 2. The van der Waals surface area contributed by atoms with E-state index in [1.807, 2.05) is 18.2 Å². The van der Waals surface area contributed by atoms with Crippen molar-refractivity contribution in [1.29, 1.82) is 0 Å². The highest BCUT2D eigenvalue weighted by atomic mass is 79.9. The monoisotopic (exact) mass is 476 g/mol. The maximum atomic E-state index is 12.2. The van der Waals surface area contributed by atoms with Crippen LogP contribution in [0.15, 0.2) is 39.3 Å². The van der Waals surface area contributed by atoms with Gasteiger partial charge in [-0.05, 0) is 34.1 Å².